The van der Waals surface area contributed by atoms with Gasteiger partial charge in [-0.1, -0.05) is 0 Å². The molecule has 3 rings (SSSR count). The van der Waals surface area contributed by atoms with Crippen LogP contribution >= 0.6 is 0 Å². The van der Waals surface area contributed by atoms with Gasteiger partial charge in [0.1, 0.15) is 6.07 Å². The molecule has 0 bridgehead atoms. The summed E-state index contributed by atoms with van der Waals surface area (Å²) in [6, 6.07) is 4.00. The summed E-state index contributed by atoms with van der Waals surface area (Å²) in [6.45, 7) is 5.74. The number of nitrogens with zero attached hydrogens (tertiary/aromatic N) is 4. The fraction of sp³-hybridized carbons (Fsp3) is 0.667. The van der Waals surface area contributed by atoms with E-state index in [9.17, 15) is 0 Å². The topological polar surface area (TPSA) is 54.1 Å². The lowest BCUT2D eigenvalue weighted by Crippen LogP contribution is -2.37. The van der Waals surface area contributed by atoms with Gasteiger partial charge in [0.05, 0.1) is 18.8 Å². The second-order valence-corrected chi connectivity index (χ2v) is 4.82. The summed E-state index contributed by atoms with van der Waals surface area (Å²) in [6.07, 6.45) is 1.18. The molecule has 1 aromatic heterocycles. The van der Waals surface area contributed by atoms with Crippen molar-refractivity contribution < 1.29 is 4.74 Å². The standard InChI is InChI=1S/C12H16N4O/c13-6-11-5-12-8-15(2-3-16(12)14-11)7-10-1-4-17-9-10/h5,10H,1-4,7-9H2/t10-/m1/s1. The highest BCUT2D eigenvalue weighted by atomic mass is 16.5. The van der Waals surface area contributed by atoms with Crippen LogP contribution in [-0.2, 0) is 17.8 Å². The number of rotatable bonds is 2. The van der Waals surface area contributed by atoms with Crippen LogP contribution < -0.4 is 0 Å². The van der Waals surface area contributed by atoms with Crippen LogP contribution in [0.2, 0.25) is 0 Å². The van der Waals surface area contributed by atoms with Gasteiger partial charge in [-0.15, -0.1) is 0 Å². The molecule has 1 saturated heterocycles. The minimum absolute atomic E-state index is 0.533. The first-order chi connectivity index (χ1) is 8.35. The van der Waals surface area contributed by atoms with Crippen molar-refractivity contribution in [2.75, 3.05) is 26.3 Å². The van der Waals surface area contributed by atoms with Gasteiger partial charge >= 0.3 is 0 Å². The normalized spacial score (nSPS) is 24.5. The van der Waals surface area contributed by atoms with E-state index in [2.05, 4.69) is 16.1 Å². The second kappa shape index (κ2) is 4.47. The zero-order valence-electron chi connectivity index (χ0n) is 9.80. The third-order valence-corrected chi connectivity index (χ3v) is 3.53. The van der Waals surface area contributed by atoms with Crippen LogP contribution in [-0.4, -0.2) is 41.0 Å². The molecule has 90 valence electrons. The summed E-state index contributed by atoms with van der Waals surface area (Å²) in [7, 11) is 0. The highest BCUT2D eigenvalue weighted by molar-refractivity contribution is 5.23. The van der Waals surface area contributed by atoms with Gasteiger partial charge in [-0.05, 0) is 18.4 Å². The number of aromatic nitrogens is 2. The van der Waals surface area contributed by atoms with Crippen molar-refractivity contribution in [2.45, 2.75) is 19.5 Å². The van der Waals surface area contributed by atoms with Gasteiger partial charge in [-0.2, -0.15) is 10.4 Å². The minimum Gasteiger partial charge on any atom is -0.381 e. The smallest absolute Gasteiger partial charge is 0.162 e. The van der Waals surface area contributed by atoms with Crippen molar-refractivity contribution in [3.8, 4) is 6.07 Å². The van der Waals surface area contributed by atoms with Crippen LogP contribution in [0.5, 0.6) is 0 Å². The maximum absolute atomic E-state index is 8.83. The average Bonchev–Trinajstić information content (AvgIpc) is 2.96. The first-order valence-electron chi connectivity index (χ1n) is 6.12. The van der Waals surface area contributed by atoms with Crippen LogP contribution in [0.4, 0.5) is 0 Å². The Balaban J connectivity index is 1.65. The first kappa shape index (κ1) is 10.8. The summed E-state index contributed by atoms with van der Waals surface area (Å²) in [5.41, 5.74) is 1.69. The Bertz CT molecular complexity index is 442. The SMILES string of the molecule is N#Cc1cc2n(n1)CCN(C[C@H]1CCOC1)C2. The highest BCUT2D eigenvalue weighted by Crippen LogP contribution is 2.18. The monoisotopic (exact) mass is 232 g/mol. The third-order valence-electron chi connectivity index (χ3n) is 3.53. The molecule has 0 spiro atoms. The molecule has 0 amide bonds. The van der Waals surface area contributed by atoms with E-state index in [4.69, 9.17) is 10.00 Å². The largest absolute Gasteiger partial charge is 0.381 e. The molecule has 0 aromatic carbocycles. The Morgan fingerprint density at radius 3 is 3.24 bits per heavy atom. The Kier molecular flexibility index (Phi) is 2.83. The lowest BCUT2D eigenvalue weighted by Gasteiger charge is -2.29. The van der Waals surface area contributed by atoms with E-state index >= 15 is 0 Å². The lowest BCUT2D eigenvalue weighted by atomic mass is 10.1. The van der Waals surface area contributed by atoms with E-state index in [1.165, 1.54) is 6.42 Å². The molecule has 1 aromatic rings. The summed E-state index contributed by atoms with van der Waals surface area (Å²) < 4.78 is 7.36. The minimum atomic E-state index is 0.533. The molecule has 5 heteroatoms. The van der Waals surface area contributed by atoms with Gasteiger partial charge < -0.3 is 4.74 Å². The fourth-order valence-corrected chi connectivity index (χ4v) is 2.62. The Morgan fingerprint density at radius 2 is 2.47 bits per heavy atom. The Morgan fingerprint density at radius 1 is 1.53 bits per heavy atom. The van der Waals surface area contributed by atoms with Gasteiger partial charge in [-0.25, -0.2) is 0 Å². The number of hydrogen-bond donors (Lipinski definition) is 0. The molecule has 3 heterocycles. The summed E-state index contributed by atoms with van der Waals surface area (Å²) in [5.74, 6) is 0.680. The van der Waals surface area contributed by atoms with Crippen molar-refractivity contribution in [2.24, 2.45) is 5.92 Å². The molecule has 0 aliphatic carbocycles. The van der Waals surface area contributed by atoms with Crippen molar-refractivity contribution in [3.63, 3.8) is 0 Å². The molecular formula is C12H16N4O. The molecule has 2 aliphatic heterocycles. The molecule has 1 atom stereocenters. The van der Waals surface area contributed by atoms with E-state index in [0.29, 0.717) is 11.6 Å². The van der Waals surface area contributed by atoms with Gasteiger partial charge in [0.25, 0.3) is 0 Å². The summed E-state index contributed by atoms with van der Waals surface area (Å²) in [5, 5.41) is 13.1. The van der Waals surface area contributed by atoms with Crippen molar-refractivity contribution in [1.82, 2.24) is 14.7 Å². The molecule has 2 aliphatic rings. The van der Waals surface area contributed by atoms with Crippen molar-refractivity contribution in [1.29, 1.82) is 5.26 Å². The molecule has 0 unspecified atom stereocenters. The maximum atomic E-state index is 8.83. The molecule has 5 nitrogen and oxygen atoms in total. The van der Waals surface area contributed by atoms with E-state index in [-0.39, 0.29) is 0 Å². The molecule has 0 radical (unpaired) electrons. The Labute approximate surface area is 101 Å². The van der Waals surface area contributed by atoms with Crippen LogP contribution in [0.3, 0.4) is 0 Å². The van der Waals surface area contributed by atoms with Crippen LogP contribution in [0.25, 0.3) is 0 Å². The predicted molar refractivity (Wildman–Crippen MR) is 61.1 cm³/mol. The second-order valence-electron chi connectivity index (χ2n) is 4.82. The van der Waals surface area contributed by atoms with E-state index < -0.39 is 0 Å². The Hall–Kier alpha value is -1.38. The summed E-state index contributed by atoms with van der Waals surface area (Å²) in [4.78, 5) is 2.44. The van der Waals surface area contributed by atoms with E-state index in [1.54, 1.807) is 0 Å². The van der Waals surface area contributed by atoms with Gasteiger partial charge in [-0.3, -0.25) is 9.58 Å². The first-order valence-corrected chi connectivity index (χ1v) is 6.12. The third kappa shape index (κ3) is 2.19. The fourth-order valence-electron chi connectivity index (χ4n) is 2.62. The van der Waals surface area contributed by atoms with Crippen molar-refractivity contribution >= 4 is 0 Å². The summed E-state index contributed by atoms with van der Waals surface area (Å²) >= 11 is 0. The maximum Gasteiger partial charge on any atom is 0.162 e. The van der Waals surface area contributed by atoms with Crippen LogP contribution in [0.1, 0.15) is 17.8 Å². The number of hydrogen-bond acceptors (Lipinski definition) is 4. The molecule has 1 fully saturated rings. The van der Waals surface area contributed by atoms with Gasteiger partial charge in [0, 0.05) is 26.2 Å². The van der Waals surface area contributed by atoms with E-state index in [0.717, 1.165) is 45.1 Å². The zero-order valence-corrected chi connectivity index (χ0v) is 9.80. The molecule has 17 heavy (non-hydrogen) atoms. The number of ether oxygens (including phenoxy) is 1. The number of nitriles is 1. The molecular weight excluding hydrogens is 216 g/mol. The predicted octanol–water partition coefficient (Wildman–Crippen LogP) is 0.607. The van der Waals surface area contributed by atoms with Crippen molar-refractivity contribution in [3.05, 3.63) is 17.5 Å². The van der Waals surface area contributed by atoms with Gasteiger partial charge in [0.15, 0.2) is 5.69 Å². The molecule has 0 saturated carbocycles. The van der Waals surface area contributed by atoms with E-state index in [1.807, 2.05) is 10.7 Å². The van der Waals surface area contributed by atoms with Gasteiger partial charge in [0.2, 0.25) is 0 Å². The zero-order chi connectivity index (χ0) is 11.7. The number of fused-ring (bicyclic) bond motifs is 1. The molecule has 0 N–H and O–H groups in total. The quantitative estimate of drug-likeness (QED) is 0.749. The highest BCUT2D eigenvalue weighted by Gasteiger charge is 2.23. The average molecular weight is 232 g/mol. The lowest BCUT2D eigenvalue weighted by molar-refractivity contribution is 0.151. The van der Waals surface area contributed by atoms with Crippen LogP contribution in [0, 0.1) is 17.2 Å². The van der Waals surface area contributed by atoms with Crippen LogP contribution in [0.15, 0.2) is 6.07 Å².